The van der Waals surface area contributed by atoms with Gasteiger partial charge >= 0.3 is 0 Å². The fraction of sp³-hybridized carbons (Fsp3) is 0.625. The third-order valence-corrected chi connectivity index (χ3v) is 4.80. The SMILES string of the molecule is COc1ccc(C(O)C2CC(C)CC(C)C2)cc1Br. The second-order valence-electron chi connectivity index (χ2n) is 6.02. The van der Waals surface area contributed by atoms with Gasteiger partial charge in [-0.15, -0.1) is 0 Å². The minimum absolute atomic E-state index is 0.368. The molecule has 0 spiro atoms. The van der Waals surface area contributed by atoms with Crippen LogP contribution in [0.2, 0.25) is 0 Å². The van der Waals surface area contributed by atoms with Gasteiger partial charge in [0.1, 0.15) is 5.75 Å². The molecule has 1 aliphatic carbocycles. The molecule has 0 aliphatic heterocycles. The van der Waals surface area contributed by atoms with E-state index in [9.17, 15) is 5.11 Å². The van der Waals surface area contributed by atoms with Crippen LogP contribution in [0.5, 0.6) is 5.75 Å². The Bertz CT molecular complexity index is 423. The number of benzene rings is 1. The summed E-state index contributed by atoms with van der Waals surface area (Å²) in [4.78, 5) is 0. The predicted octanol–water partition coefficient (Wildman–Crippen LogP) is 4.56. The summed E-state index contributed by atoms with van der Waals surface area (Å²) in [6, 6.07) is 5.87. The molecular formula is C16H23BrO2. The first-order chi connectivity index (χ1) is 9.01. The Kier molecular flexibility index (Phi) is 4.91. The van der Waals surface area contributed by atoms with Crippen molar-refractivity contribution in [1.29, 1.82) is 0 Å². The molecule has 0 saturated heterocycles. The lowest BCUT2D eigenvalue weighted by molar-refractivity contribution is 0.0551. The van der Waals surface area contributed by atoms with Gasteiger partial charge in [0.2, 0.25) is 0 Å². The number of hydrogen-bond acceptors (Lipinski definition) is 2. The molecule has 1 aromatic carbocycles. The summed E-state index contributed by atoms with van der Waals surface area (Å²) < 4.78 is 6.14. The summed E-state index contributed by atoms with van der Waals surface area (Å²) in [5.41, 5.74) is 0.985. The zero-order valence-electron chi connectivity index (χ0n) is 11.9. The Morgan fingerprint density at radius 2 is 1.84 bits per heavy atom. The predicted molar refractivity (Wildman–Crippen MR) is 81.3 cm³/mol. The van der Waals surface area contributed by atoms with Gasteiger partial charge in [0.05, 0.1) is 17.7 Å². The van der Waals surface area contributed by atoms with Crippen LogP contribution >= 0.6 is 15.9 Å². The zero-order valence-corrected chi connectivity index (χ0v) is 13.5. The Balaban J connectivity index is 2.14. The number of hydrogen-bond donors (Lipinski definition) is 1. The van der Waals surface area contributed by atoms with Crippen molar-refractivity contribution in [3.63, 3.8) is 0 Å². The Hall–Kier alpha value is -0.540. The molecule has 3 unspecified atom stereocenters. The smallest absolute Gasteiger partial charge is 0.133 e. The molecule has 2 rings (SSSR count). The topological polar surface area (TPSA) is 29.5 Å². The molecule has 0 amide bonds. The van der Waals surface area contributed by atoms with E-state index in [-0.39, 0.29) is 6.10 Å². The van der Waals surface area contributed by atoms with Crippen LogP contribution in [0, 0.1) is 17.8 Å². The first-order valence-corrected chi connectivity index (χ1v) is 7.82. The second-order valence-corrected chi connectivity index (χ2v) is 6.87. The molecule has 106 valence electrons. The average molecular weight is 327 g/mol. The zero-order chi connectivity index (χ0) is 14.0. The quantitative estimate of drug-likeness (QED) is 0.882. The Labute approximate surface area is 124 Å². The van der Waals surface area contributed by atoms with Crippen LogP contribution in [0.3, 0.4) is 0 Å². The van der Waals surface area contributed by atoms with Gasteiger partial charge in [0.15, 0.2) is 0 Å². The van der Waals surface area contributed by atoms with Crippen LogP contribution in [0.1, 0.15) is 44.8 Å². The molecule has 3 heteroatoms. The van der Waals surface area contributed by atoms with E-state index in [2.05, 4.69) is 29.8 Å². The van der Waals surface area contributed by atoms with Crippen molar-refractivity contribution in [2.75, 3.05) is 7.11 Å². The van der Waals surface area contributed by atoms with E-state index in [0.29, 0.717) is 17.8 Å². The number of halogens is 1. The van der Waals surface area contributed by atoms with E-state index < -0.39 is 0 Å². The van der Waals surface area contributed by atoms with Crippen LogP contribution in [0.25, 0.3) is 0 Å². The normalized spacial score (nSPS) is 29.0. The molecule has 0 heterocycles. The molecule has 1 fully saturated rings. The summed E-state index contributed by atoms with van der Waals surface area (Å²) in [5.74, 6) is 2.61. The molecule has 1 N–H and O–H groups in total. The third kappa shape index (κ3) is 3.51. The van der Waals surface area contributed by atoms with Crippen molar-refractivity contribution in [2.45, 2.75) is 39.2 Å². The molecular weight excluding hydrogens is 304 g/mol. The molecule has 19 heavy (non-hydrogen) atoms. The summed E-state index contributed by atoms with van der Waals surface area (Å²) in [7, 11) is 1.65. The lowest BCUT2D eigenvalue weighted by Gasteiger charge is -2.34. The molecule has 1 saturated carbocycles. The van der Waals surface area contributed by atoms with Gasteiger partial charge in [-0.05, 0) is 70.6 Å². The maximum atomic E-state index is 10.6. The van der Waals surface area contributed by atoms with E-state index in [0.717, 1.165) is 28.6 Å². The maximum Gasteiger partial charge on any atom is 0.133 e. The number of rotatable bonds is 3. The van der Waals surface area contributed by atoms with E-state index in [1.807, 2.05) is 18.2 Å². The minimum Gasteiger partial charge on any atom is -0.496 e. The summed E-state index contributed by atoms with van der Waals surface area (Å²) in [6.45, 7) is 4.58. The summed E-state index contributed by atoms with van der Waals surface area (Å²) in [5, 5.41) is 10.6. The summed E-state index contributed by atoms with van der Waals surface area (Å²) >= 11 is 3.49. The molecule has 3 atom stereocenters. The molecule has 1 aromatic rings. The highest BCUT2D eigenvalue weighted by Gasteiger charge is 2.30. The van der Waals surface area contributed by atoms with E-state index >= 15 is 0 Å². The van der Waals surface area contributed by atoms with E-state index in [1.54, 1.807) is 7.11 Å². The van der Waals surface area contributed by atoms with Crippen LogP contribution in [0.4, 0.5) is 0 Å². The highest BCUT2D eigenvalue weighted by Crippen LogP contribution is 2.40. The van der Waals surface area contributed by atoms with E-state index in [1.165, 1.54) is 6.42 Å². The molecule has 0 bridgehead atoms. The maximum absolute atomic E-state index is 10.6. The van der Waals surface area contributed by atoms with Crippen LogP contribution < -0.4 is 4.74 Å². The minimum atomic E-state index is -0.368. The lowest BCUT2D eigenvalue weighted by atomic mass is 9.73. The molecule has 2 nitrogen and oxygen atoms in total. The van der Waals surface area contributed by atoms with Crippen molar-refractivity contribution >= 4 is 15.9 Å². The van der Waals surface area contributed by atoms with Gasteiger partial charge < -0.3 is 9.84 Å². The number of aliphatic hydroxyl groups is 1. The van der Waals surface area contributed by atoms with Gasteiger partial charge in [-0.2, -0.15) is 0 Å². The van der Waals surface area contributed by atoms with Gasteiger partial charge in [-0.25, -0.2) is 0 Å². The fourth-order valence-electron chi connectivity index (χ4n) is 3.41. The van der Waals surface area contributed by atoms with Gasteiger partial charge in [-0.1, -0.05) is 19.9 Å². The largest absolute Gasteiger partial charge is 0.496 e. The molecule has 1 aliphatic rings. The second kappa shape index (κ2) is 6.27. The van der Waals surface area contributed by atoms with Crippen LogP contribution in [-0.2, 0) is 0 Å². The number of methoxy groups -OCH3 is 1. The van der Waals surface area contributed by atoms with Crippen molar-refractivity contribution in [3.05, 3.63) is 28.2 Å². The number of ether oxygens (including phenoxy) is 1. The third-order valence-electron chi connectivity index (χ3n) is 4.18. The first kappa shape index (κ1) is 14.9. The van der Waals surface area contributed by atoms with Crippen molar-refractivity contribution in [3.8, 4) is 5.75 Å². The van der Waals surface area contributed by atoms with E-state index in [4.69, 9.17) is 4.74 Å². The lowest BCUT2D eigenvalue weighted by Crippen LogP contribution is -2.24. The van der Waals surface area contributed by atoms with Gasteiger partial charge in [0.25, 0.3) is 0 Å². The highest BCUT2D eigenvalue weighted by atomic mass is 79.9. The van der Waals surface area contributed by atoms with Crippen molar-refractivity contribution < 1.29 is 9.84 Å². The standard InChI is InChI=1S/C16H23BrO2/c1-10-6-11(2)8-13(7-10)16(18)12-4-5-15(19-3)14(17)9-12/h4-5,9-11,13,16,18H,6-8H2,1-3H3. The molecule has 0 radical (unpaired) electrons. The van der Waals surface area contributed by atoms with Crippen LogP contribution in [0.15, 0.2) is 22.7 Å². The average Bonchev–Trinajstić information content (AvgIpc) is 2.36. The molecule has 0 aromatic heterocycles. The fourth-order valence-corrected chi connectivity index (χ4v) is 3.96. The van der Waals surface area contributed by atoms with Crippen molar-refractivity contribution in [1.82, 2.24) is 0 Å². The summed E-state index contributed by atoms with van der Waals surface area (Å²) in [6.07, 6.45) is 3.16. The van der Waals surface area contributed by atoms with Gasteiger partial charge in [-0.3, -0.25) is 0 Å². The Morgan fingerprint density at radius 3 is 2.37 bits per heavy atom. The van der Waals surface area contributed by atoms with Gasteiger partial charge in [0, 0.05) is 0 Å². The number of aliphatic hydroxyl groups excluding tert-OH is 1. The van der Waals surface area contributed by atoms with Crippen LogP contribution in [-0.4, -0.2) is 12.2 Å². The monoisotopic (exact) mass is 326 g/mol. The first-order valence-electron chi connectivity index (χ1n) is 7.02. The Morgan fingerprint density at radius 1 is 1.21 bits per heavy atom. The van der Waals surface area contributed by atoms with Crippen molar-refractivity contribution in [2.24, 2.45) is 17.8 Å². The highest BCUT2D eigenvalue weighted by molar-refractivity contribution is 9.10.